The Morgan fingerprint density at radius 1 is 1.26 bits per heavy atom. The van der Waals surface area contributed by atoms with E-state index < -0.39 is 24.1 Å². The number of hydrogen-bond acceptors (Lipinski definition) is 5. The first kappa shape index (κ1) is 19.1. The van der Waals surface area contributed by atoms with Gasteiger partial charge in [-0.2, -0.15) is 0 Å². The van der Waals surface area contributed by atoms with Crippen molar-refractivity contribution in [1.82, 2.24) is 16.1 Å². The lowest BCUT2D eigenvalue weighted by Gasteiger charge is -2.22. The zero-order chi connectivity index (χ0) is 16.1. The third-order valence-corrected chi connectivity index (χ3v) is 3.84. The van der Waals surface area contributed by atoms with Gasteiger partial charge in [0.2, 0.25) is 5.91 Å². The van der Waals surface area contributed by atoms with Gasteiger partial charge in [0, 0.05) is 6.04 Å². The molecule has 2 amide bonds. The summed E-state index contributed by atoms with van der Waals surface area (Å²) >= 11 is 0. The molecule has 0 bridgehead atoms. The van der Waals surface area contributed by atoms with Crippen molar-refractivity contribution in [1.29, 1.82) is 0 Å². The Hall–Kier alpha value is -1.96. The molecular formula is C16H25N3O4. The van der Waals surface area contributed by atoms with E-state index in [2.05, 4.69) is 10.6 Å². The van der Waals surface area contributed by atoms with Crippen LogP contribution in [0.3, 0.4) is 0 Å². The number of rotatable bonds is 5. The second-order valence-electron chi connectivity index (χ2n) is 5.46. The van der Waals surface area contributed by atoms with Crippen molar-refractivity contribution in [2.24, 2.45) is 0 Å². The second-order valence-corrected chi connectivity index (χ2v) is 5.46. The molecule has 1 aromatic carbocycles. The van der Waals surface area contributed by atoms with Crippen LogP contribution in [-0.2, 0) is 9.59 Å². The minimum absolute atomic E-state index is 0. The molecule has 7 nitrogen and oxygen atoms in total. The van der Waals surface area contributed by atoms with Gasteiger partial charge in [-0.15, -0.1) is 0 Å². The van der Waals surface area contributed by atoms with Gasteiger partial charge in [-0.05, 0) is 25.3 Å². The normalized spacial score (nSPS) is 22.6. The first-order chi connectivity index (χ1) is 10.5. The van der Waals surface area contributed by atoms with Crippen LogP contribution in [0.2, 0.25) is 0 Å². The SMILES string of the molecule is C.C[C@@H](O)[C@H](NC(=O)[C@H]1CC[C@@H](c2ccccc2)N1)C(=O)NO. The summed E-state index contributed by atoms with van der Waals surface area (Å²) in [4.78, 5) is 23.6. The third kappa shape index (κ3) is 4.75. The molecule has 7 heteroatoms. The fourth-order valence-electron chi connectivity index (χ4n) is 2.63. The van der Waals surface area contributed by atoms with Crippen LogP contribution in [0.15, 0.2) is 30.3 Å². The van der Waals surface area contributed by atoms with Crippen LogP contribution in [0.5, 0.6) is 0 Å². The van der Waals surface area contributed by atoms with Gasteiger partial charge in [0.1, 0.15) is 6.04 Å². The van der Waals surface area contributed by atoms with E-state index in [4.69, 9.17) is 5.21 Å². The Morgan fingerprint density at radius 2 is 1.91 bits per heavy atom. The molecular weight excluding hydrogens is 298 g/mol. The topological polar surface area (TPSA) is 111 Å². The number of aliphatic hydroxyl groups is 1. The molecule has 1 fully saturated rings. The molecule has 0 radical (unpaired) electrons. The van der Waals surface area contributed by atoms with Crippen molar-refractivity contribution < 1.29 is 19.9 Å². The molecule has 1 aliphatic rings. The molecule has 1 saturated heterocycles. The number of carbonyl (C=O) groups is 2. The summed E-state index contributed by atoms with van der Waals surface area (Å²) in [6, 6.07) is 8.29. The maximum atomic E-state index is 12.2. The standard InChI is InChI=1S/C15H21N3O4.CH4/c1-9(19)13(15(21)18-22)17-14(20)12-8-7-11(16-12)10-5-3-2-4-6-10;/h2-6,9,11-13,16,19,22H,7-8H2,1H3,(H,17,20)(H,18,21);1H4/t9-,11+,12-,13+;/m1./s1. The average molecular weight is 323 g/mol. The fraction of sp³-hybridized carbons (Fsp3) is 0.500. The van der Waals surface area contributed by atoms with Crippen LogP contribution in [0.25, 0.3) is 0 Å². The molecule has 128 valence electrons. The van der Waals surface area contributed by atoms with Crippen LogP contribution >= 0.6 is 0 Å². The summed E-state index contributed by atoms with van der Waals surface area (Å²) in [6.07, 6.45) is 0.342. The van der Waals surface area contributed by atoms with Crippen molar-refractivity contribution >= 4 is 11.8 Å². The smallest absolute Gasteiger partial charge is 0.268 e. The van der Waals surface area contributed by atoms with E-state index >= 15 is 0 Å². The number of aliphatic hydroxyl groups excluding tert-OH is 1. The molecule has 0 aromatic heterocycles. The third-order valence-electron chi connectivity index (χ3n) is 3.84. The van der Waals surface area contributed by atoms with Crippen molar-refractivity contribution in [2.45, 2.75) is 51.4 Å². The zero-order valence-corrected chi connectivity index (χ0v) is 12.3. The lowest BCUT2D eigenvalue weighted by Crippen LogP contribution is -2.55. The van der Waals surface area contributed by atoms with Gasteiger partial charge in [-0.3, -0.25) is 20.1 Å². The van der Waals surface area contributed by atoms with Crippen LogP contribution in [-0.4, -0.2) is 40.3 Å². The zero-order valence-electron chi connectivity index (χ0n) is 12.3. The van der Waals surface area contributed by atoms with Crippen molar-refractivity contribution in [3.63, 3.8) is 0 Å². The van der Waals surface area contributed by atoms with Crippen LogP contribution in [0.1, 0.15) is 38.8 Å². The maximum Gasteiger partial charge on any atom is 0.268 e. The van der Waals surface area contributed by atoms with E-state index in [-0.39, 0.29) is 19.4 Å². The lowest BCUT2D eigenvalue weighted by molar-refractivity contribution is -0.138. The van der Waals surface area contributed by atoms with Crippen LogP contribution in [0.4, 0.5) is 0 Å². The predicted octanol–water partition coefficient (Wildman–Crippen LogP) is 0.487. The number of nitrogens with one attached hydrogen (secondary N) is 3. The number of hydrogen-bond donors (Lipinski definition) is 5. The highest BCUT2D eigenvalue weighted by atomic mass is 16.5. The van der Waals surface area contributed by atoms with Crippen molar-refractivity contribution in [2.75, 3.05) is 0 Å². The molecule has 1 aromatic rings. The monoisotopic (exact) mass is 323 g/mol. The Morgan fingerprint density at radius 3 is 2.48 bits per heavy atom. The summed E-state index contributed by atoms with van der Waals surface area (Å²) < 4.78 is 0. The highest BCUT2D eigenvalue weighted by Crippen LogP contribution is 2.26. The van der Waals surface area contributed by atoms with Crippen LogP contribution < -0.4 is 16.1 Å². The molecule has 2 rings (SSSR count). The number of benzene rings is 1. The summed E-state index contributed by atoms with van der Waals surface area (Å²) in [6.45, 7) is 1.37. The molecule has 0 spiro atoms. The molecule has 5 N–H and O–H groups in total. The Labute approximate surface area is 136 Å². The maximum absolute atomic E-state index is 12.2. The Kier molecular flexibility index (Phi) is 7.15. The minimum atomic E-state index is -1.19. The molecule has 1 heterocycles. The van der Waals surface area contributed by atoms with Gasteiger partial charge >= 0.3 is 0 Å². The number of amides is 2. The Bertz CT molecular complexity index is 521. The molecule has 0 aliphatic carbocycles. The van der Waals surface area contributed by atoms with E-state index in [0.717, 1.165) is 12.0 Å². The van der Waals surface area contributed by atoms with Crippen molar-refractivity contribution in [3.8, 4) is 0 Å². The molecule has 4 atom stereocenters. The quantitative estimate of drug-likeness (QED) is 0.400. The largest absolute Gasteiger partial charge is 0.391 e. The number of carbonyl (C=O) groups excluding carboxylic acids is 2. The van der Waals surface area contributed by atoms with E-state index in [0.29, 0.717) is 6.42 Å². The van der Waals surface area contributed by atoms with Gasteiger partial charge in [0.25, 0.3) is 5.91 Å². The summed E-state index contributed by atoms with van der Waals surface area (Å²) in [5, 5.41) is 23.9. The second kappa shape index (κ2) is 8.61. The van der Waals surface area contributed by atoms with E-state index in [1.807, 2.05) is 30.3 Å². The summed E-state index contributed by atoms with van der Waals surface area (Å²) in [5.41, 5.74) is 2.55. The fourth-order valence-corrected chi connectivity index (χ4v) is 2.63. The first-order valence-electron chi connectivity index (χ1n) is 7.26. The molecule has 0 unspecified atom stereocenters. The van der Waals surface area contributed by atoms with E-state index in [1.165, 1.54) is 12.4 Å². The molecule has 1 aliphatic heterocycles. The predicted molar refractivity (Wildman–Crippen MR) is 85.6 cm³/mol. The van der Waals surface area contributed by atoms with Gasteiger partial charge in [-0.1, -0.05) is 37.8 Å². The van der Waals surface area contributed by atoms with Gasteiger partial charge in [-0.25, -0.2) is 5.48 Å². The van der Waals surface area contributed by atoms with E-state index in [1.54, 1.807) is 0 Å². The Balaban J connectivity index is 0.00000264. The molecule has 0 saturated carbocycles. The first-order valence-corrected chi connectivity index (χ1v) is 7.26. The van der Waals surface area contributed by atoms with Gasteiger partial charge < -0.3 is 10.4 Å². The number of hydroxylamine groups is 1. The van der Waals surface area contributed by atoms with Crippen LogP contribution in [0, 0.1) is 0 Å². The van der Waals surface area contributed by atoms with E-state index in [9.17, 15) is 14.7 Å². The van der Waals surface area contributed by atoms with Gasteiger partial charge in [0.15, 0.2) is 0 Å². The summed E-state index contributed by atoms with van der Waals surface area (Å²) in [7, 11) is 0. The average Bonchev–Trinajstić information content (AvgIpc) is 3.02. The highest BCUT2D eigenvalue weighted by Gasteiger charge is 2.33. The van der Waals surface area contributed by atoms with Gasteiger partial charge in [0.05, 0.1) is 12.1 Å². The minimum Gasteiger partial charge on any atom is -0.391 e. The lowest BCUT2D eigenvalue weighted by atomic mass is 10.1. The summed E-state index contributed by atoms with van der Waals surface area (Å²) in [5.74, 6) is -1.21. The highest BCUT2D eigenvalue weighted by molar-refractivity contribution is 5.89. The molecule has 23 heavy (non-hydrogen) atoms. The van der Waals surface area contributed by atoms with Crippen molar-refractivity contribution in [3.05, 3.63) is 35.9 Å².